The second-order valence-electron chi connectivity index (χ2n) is 9.37. The van der Waals surface area contributed by atoms with Gasteiger partial charge in [0.2, 0.25) is 0 Å². The number of hydrogen-bond donors (Lipinski definition) is 9. The summed E-state index contributed by atoms with van der Waals surface area (Å²) >= 11 is 0. The number of aliphatic hydroxyl groups excluding tert-OH is 9. The number of benzene rings is 3. The van der Waals surface area contributed by atoms with Crippen LogP contribution in [0.3, 0.4) is 0 Å². The molecular weight excluding hydrogens is 492 g/mol. The van der Waals surface area contributed by atoms with Crippen molar-refractivity contribution in [3.63, 3.8) is 0 Å². The molecule has 0 amide bonds. The van der Waals surface area contributed by atoms with Crippen LogP contribution in [-0.4, -0.2) is 46.0 Å². The van der Waals surface area contributed by atoms with Crippen molar-refractivity contribution < 1.29 is 46.0 Å². The Morgan fingerprint density at radius 2 is 0.553 bits per heavy atom. The molecule has 3 aromatic rings. The molecule has 0 aliphatic rings. The van der Waals surface area contributed by atoms with E-state index >= 15 is 0 Å². The van der Waals surface area contributed by atoms with Gasteiger partial charge in [-0.25, -0.2) is 0 Å². The summed E-state index contributed by atoms with van der Waals surface area (Å²) < 4.78 is 0. The largest absolute Gasteiger partial charge is 0.392 e. The van der Waals surface area contributed by atoms with Gasteiger partial charge in [0.15, 0.2) is 0 Å². The zero-order chi connectivity index (χ0) is 28.0. The van der Waals surface area contributed by atoms with Crippen molar-refractivity contribution in [2.45, 2.75) is 71.8 Å². The van der Waals surface area contributed by atoms with Gasteiger partial charge in [-0.1, -0.05) is 36.4 Å². The molecule has 0 bridgehead atoms. The Labute approximate surface area is 221 Å². The fraction of sp³-hybridized carbons (Fsp3) is 0.379. The maximum Gasteiger partial charge on any atom is 0.0688 e. The average Bonchev–Trinajstić information content (AvgIpc) is 2.97. The highest BCUT2D eigenvalue weighted by atomic mass is 16.3. The second-order valence-corrected chi connectivity index (χ2v) is 9.37. The SMILES string of the molecule is CC(c1cc(CO)c(CO)c(CO)c1)(c1cc(CO)c(CO)c(CO)c1)c1cc(CO)c(CO)c(CO)c1. The standard InChI is InChI=1S/C29H36O9/c1-29(23-2-17(8-30)26(14-36)18(3-23)9-31,24-4-19(10-32)27(15-37)20(5-24)11-33)25-6-21(12-34)28(16-38)22(7-25)13-35/h2-7,30-38H,8-16H2,1H3. The molecule has 3 aromatic carbocycles. The first kappa shape index (κ1) is 29.9. The summed E-state index contributed by atoms with van der Waals surface area (Å²) in [6.45, 7) is -1.80. The highest BCUT2D eigenvalue weighted by molar-refractivity contribution is 5.57. The van der Waals surface area contributed by atoms with E-state index in [4.69, 9.17) is 0 Å². The van der Waals surface area contributed by atoms with Crippen molar-refractivity contribution in [2.75, 3.05) is 0 Å². The molecule has 3 rings (SSSR count). The van der Waals surface area contributed by atoms with E-state index in [0.29, 0.717) is 66.8 Å². The molecule has 0 fully saturated rings. The van der Waals surface area contributed by atoms with Crippen LogP contribution in [0.4, 0.5) is 0 Å². The Hall–Kier alpha value is -2.70. The lowest BCUT2D eigenvalue weighted by molar-refractivity contribution is 0.246. The van der Waals surface area contributed by atoms with E-state index in [1.165, 1.54) is 0 Å². The second kappa shape index (κ2) is 12.9. The molecule has 0 saturated heterocycles. The van der Waals surface area contributed by atoms with Crippen molar-refractivity contribution >= 4 is 0 Å². The highest BCUT2D eigenvalue weighted by Gasteiger charge is 2.35. The Morgan fingerprint density at radius 3 is 0.684 bits per heavy atom. The summed E-state index contributed by atoms with van der Waals surface area (Å²) in [4.78, 5) is 0. The molecule has 0 unspecified atom stereocenters. The predicted molar refractivity (Wildman–Crippen MR) is 138 cm³/mol. The van der Waals surface area contributed by atoms with Crippen LogP contribution in [0.25, 0.3) is 0 Å². The molecule has 9 nitrogen and oxygen atoms in total. The van der Waals surface area contributed by atoms with Crippen LogP contribution in [0.5, 0.6) is 0 Å². The van der Waals surface area contributed by atoms with Crippen LogP contribution in [0.2, 0.25) is 0 Å². The molecule has 206 valence electrons. The van der Waals surface area contributed by atoms with Gasteiger partial charge in [0.05, 0.1) is 59.5 Å². The number of rotatable bonds is 12. The van der Waals surface area contributed by atoms with E-state index in [-0.39, 0.29) is 0 Å². The van der Waals surface area contributed by atoms with Crippen LogP contribution >= 0.6 is 0 Å². The average molecular weight is 529 g/mol. The van der Waals surface area contributed by atoms with E-state index in [1.54, 1.807) is 36.4 Å². The van der Waals surface area contributed by atoms with Gasteiger partial charge in [0.25, 0.3) is 0 Å². The molecule has 38 heavy (non-hydrogen) atoms. The van der Waals surface area contributed by atoms with E-state index in [2.05, 4.69) is 0 Å². The highest BCUT2D eigenvalue weighted by Crippen LogP contribution is 2.43. The topological polar surface area (TPSA) is 182 Å². The van der Waals surface area contributed by atoms with Crippen LogP contribution in [0.15, 0.2) is 36.4 Å². The van der Waals surface area contributed by atoms with Crippen LogP contribution in [0, 0.1) is 0 Å². The van der Waals surface area contributed by atoms with E-state index in [9.17, 15) is 46.0 Å². The molecule has 0 spiro atoms. The zero-order valence-corrected chi connectivity index (χ0v) is 21.4. The summed E-state index contributed by atoms with van der Waals surface area (Å²) in [5, 5.41) is 90.2. The zero-order valence-electron chi connectivity index (χ0n) is 21.4. The Balaban J connectivity index is 2.52. The smallest absolute Gasteiger partial charge is 0.0688 e. The summed E-state index contributed by atoms with van der Waals surface area (Å²) in [7, 11) is 0. The van der Waals surface area contributed by atoms with Crippen LogP contribution in [0.1, 0.15) is 73.7 Å². The number of aliphatic hydroxyl groups is 9. The first-order valence-corrected chi connectivity index (χ1v) is 12.2. The molecule has 9 heteroatoms. The Bertz CT molecular complexity index is 1040. The van der Waals surface area contributed by atoms with Gasteiger partial charge in [0.1, 0.15) is 0 Å². The lowest BCUT2D eigenvalue weighted by Gasteiger charge is -2.35. The van der Waals surface area contributed by atoms with Crippen molar-refractivity contribution in [2.24, 2.45) is 0 Å². The van der Waals surface area contributed by atoms with Gasteiger partial charge in [-0.15, -0.1) is 0 Å². The van der Waals surface area contributed by atoms with Gasteiger partial charge in [0, 0.05) is 5.41 Å². The molecule has 9 N–H and O–H groups in total. The van der Waals surface area contributed by atoms with Gasteiger partial charge >= 0.3 is 0 Å². The minimum absolute atomic E-state index is 0.395. The van der Waals surface area contributed by atoms with Gasteiger partial charge in [-0.05, 0) is 73.7 Å². The van der Waals surface area contributed by atoms with Crippen molar-refractivity contribution in [3.8, 4) is 0 Å². The van der Waals surface area contributed by atoms with E-state index in [0.717, 1.165) is 0 Å². The van der Waals surface area contributed by atoms with E-state index < -0.39 is 64.9 Å². The van der Waals surface area contributed by atoms with Gasteiger partial charge in [-0.3, -0.25) is 0 Å². The van der Waals surface area contributed by atoms with Crippen LogP contribution < -0.4 is 0 Å². The monoisotopic (exact) mass is 528 g/mol. The van der Waals surface area contributed by atoms with Gasteiger partial charge < -0.3 is 46.0 Å². The molecule has 0 aliphatic heterocycles. The molecular formula is C29H36O9. The minimum atomic E-state index is -1.12. The normalized spacial score (nSPS) is 11.8. The third kappa shape index (κ3) is 5.26. The minimum Gasteiger partial charge on any atom is -0.392 e. The lowest BCUT2D eigenvalue weighted by atomic mass is 9.68. The molecule has 0 aromatic heterocycles. The Kier molecular flexibility index (Phi) is 10.1. The first-order chi connectivity index (χ1) is 18.3. The third-order valence-electron chi connectivity index (χ3n) is 7.53. The van der Waals surface area contributed by atoms with E-state index in [1.807, 2.05) is 6.92 Å². The summed E-state index contributed by atoms with van der Waals surface area (Å²) in [6.07, 6.45) is 0. The summed E-state index contributed by atoms with van der Waals surface area (Å²) in [5.74, 6) is 0. The summed E-state index contributed by atoms with van der Waals surface area (Å²) in [6, 6.07) is 10.2. The quantitative estimate of drug-likeness (QED) is 0.151. The van der Waals surface area contributed by atoms with Crippen molar-refractivity contribution in [1.82, 2.24) is 0 Å². The lowest BCUT2D eigenvalue weighted by Crippen LogP contribution is -2.28. The van der Waals surface area contributed by atoms with Crippen molar-refractivity contribution in [1.29, 1.82) is 0 Å². The fourth-order valence-electron chi connectivity index (χ4n) is 5.21. The molecule has 0 radical (unpaired) electrons. The maximum absolute atomic E-state index is 10.1. The third-order valence-corrected chi connectivity index (χ3v) is 7.53. The number of hydrogen-bond acceptors (Lipinski definition) is 9. The molecule has 0 atom stereocenters. The maximum atomic E-state index is 10.1. The molecule has 0 saturated carbocycles. The van der Waals surface area contributed by atoms with Crippen molar-refractivity contribution in [3.05, 3.63) is 103 Å². The first-order valence-electron chi connectivity index (χ1n) is 12.2. The van der Waals surface area contributed by atoms with Crippen LogP contribution in [-0.2, 0) is 64.9 Å². The molecule has 0 heterocycles. The Morgan fingerprint density at radius 1 is 0.368 bits per heavy atom. The van der Waals surface area contributed by atoms with Gasteiger partial charge in [-0.2, -0.15) is 0 Å². The fourth-order valence-corrected chi connectivity index (χ4v) is 5.21. The predicted octanol–water partition coefficient (Wildman–Crippen LogP) is 0.472. The summed E-state index contributed by atoms with van der Waals surface area (Å²) in [5.41, 5.74) is 4.19. The molecule has 0 aliphatic carbocycles.